The van der Waals surface area contributed by atoms with Crippen LogP contribution in [0.5, 0.6) is 0 Å². The van der Waals surface area contributed by atoms with Crippen LogP contribution in [0.2, 0.25) is 0 Å². The molecule has 0 amide bonds. The first-order valence-corrected chi connectivity index (χ1v) is 6.94. The molecule has 0 atom stereocenters. The van der Waals surface area contributed by atoms with E-state index in [9.17, 15) is 4.79 Å². The lowest BCUT2D eigenvalue weighted by Crippen LogP contribution is -2.19. The van der Waals surface area contributed by atoms with Crippen LogP contribution in [0.4, 0.5) is 0 Å². The van der Waals surface area contributed by atoms with Gasteiger partial charge in [0.2, 0.25) is 0 Å². The van der Waals surface area contributed by atoms with Gasteiger partial charge in [0.1, 0.15) is 0 Å². The molecule has 0 unspecified atom stereocenters. The molecular formula is C16H22N2O. The summed E-state index contributed by atoms with van der Waals surface area (Å²) < 4.78 is 1.73. The number of aromatic amines is 1. The number of aromatic nitrogens is 2. The third-order valence-corrected chi connectivity index (χ3v) is 3.32. The second kappa shape index (κ2) is 5.47. The van der Waals surface area contributed by atoms with Gasteiger partial charge in [-0.3, -0.25) is 14.6 Å². The molecule has 19 heavy (non-hydrogen) atoms. The van der Waals surface area contributed by atoms with Crippen molar-refractivity contribution in [1.82, 2.24) is 9.78 Å². The van der Waals surface area contributed by atoms with Gasteiger partial charge in [0.15, 0.2) is 0 Å². The first-order valence-electron chi connectivity index (χ1n) is 6.94. The van der Waals surface area contributed by atoms with E-state index in [1.807, 2.05) is 6.07 Å². The number of hydrogen-bond acceptors (Lipinski definition) is 1. The number of rotatable bonds is 4. The molecule has 2 aromatic rings. The number of hydrogen-bond donors (Lipinski definition) is 1. The summed E-state index contributed by atoms with van der Waals surface area (Å²) in [5, 5.41) is 3.28. The van der Waals surface area contributed by atoms with E-state index >= 15 is 0 Å². The van der Waals surface area contributed by atoms with Gasteiger partial charge >= 0.3 is 0 Å². The molecular weight excluding hydrogens is 236 g/mol. The molecule has 0 aliphatic rings. The van der Waals surface area contributed by atoms with Crippen molar-refractivity contribution in [3.8, 4) is 11.3 Å². The minimum Gasteiger partial charge on any atom is -0.295 e. The van der Waals surface area contributed by atoms with Gasteiger partial charge in [-0.2, -0.15) is 0 Å². The van der Waals surface area contributed by atoms with Crippen molar-refractivity contribution in [2.45, 2.75) is 46.6 Å². The standard InChI is InChI=1S/C16H22N2O/c1-5-9-18-16(19)14(11(2)3)15(17-18)13-8-6-7-12(4)10-13/h6-8,10-11,17H,5,9H2,1-4H3. The van der Waals surface area contributed by atoms with E-state index in [0.717, 1.165) is 29.8 Å². The van der Waals surface area contributed by atoms with Crippen molar-refractivity contribution in [3.63, 3.8) is 0 Å². The van der Waals surface area contributed by atoms with Gasteiger partial charge in [-0.1, -0.05) is 44.5 Å². The smallest absolute Gasteiger partial charge is 0.270 e. The lowest BCUT2D eigenvalue weighted by atomic mass is 9.98. The normalized spacial score (nSPS) is 11.2. The number of H-pyrrole nitrogens is 1. The molecule has 0 aliphatic heterocycles. The van der Waals surface area contributed by atoms with Crippen LogP contribution in [0.1, 0.15) is 44.2 Å². The molecule has 1 aromatic carbocycles. The van der Waals surface area contributed by atoms with E-state index in [1.165, 1.54) is 5.56 Å². The fraction of sp³-hybridized carbons (Fsp3) is 0.438. The Morgan fingerprint density at radius 3 is 2.63 bits per heavy atom. The van der Waals surface area contributed by atoms with Crippen molar-refractivity contribution >= 4 is 0 Å². The van der Waals surface area contributed by atoms with Gasteiger partial charge in [0.25, 0.3) is 5.56 Å². The number of nitrogens with one attached hydrogen (secondary N) is 1. The minimum absolute atomic E-state index is 0.119. The van der Waals surface area contributed by atoms with E-state index in [4.69, 9.17) is 0 Å². The van der Waals surface area contributed by atoms with Crippen molar-refractivity contribution in [1.29, 1.82) is 0 Å². The zero-order valence-electron chi connectivity index (χ0n) is 12.2. The molecule has 1 heterocycles. The maximum absolute atomic E-state index is 12.4. The minimum atomic E-state index is 0.119. The lowest BCUT2D eigenvalue weighted by molar-refractivity contribution is 0.584. The van der Waals surface area contributed by atoms with Crippen molar-refractivity contribution in [2.24, 2.45) is 0 Å². The fourth-order valence-corrected chi connectivity index (χ4v) is 2.44. The fourth-order valence-electron chi connectivity index (χ4n) is 2.44. The summed E-state index contributed by atoms with van der Waals surface area (Å²) in [6.45, 7) is 9.03. The quantitative estimate of drug-likeness (QED) is 0.892. The Balaban J connectivity index is 2.62. The molecule has 0 bridgehead atoms. The maximum Gasteiger partial charge on any atom is 0.270 e. The molecule has 3 heteroatoms. The Labute approximate surface area is 114 Å². The molecule has 0 spiro atoms. The lowest BCUT2D eigenvalue weighted by Gasteiger charge is -2.06. The van der Waals surface area contributed by atoms with Crippen LogP contribution in [0, 0.1) is 6.92 Å². The Morgan fingerprint density at radius 2 is 2.05 bits per heavy atom. The van der Waals surface area contributed by atoms with Crippen molar-refractivity contribution in [2.75, 3.05) is 0 Å². The number of nitrogens with zero attached hydrogens (tertiary/aromatic N) is 1. The number of aryl methyl sites for hydroxylation is 2. The van der Waals surface area contributed by atoms with Gasteiger partial charge < -0.3 is 0 Å². The SMILES string of the molecule is CCCn1[nH]c(-c2cccc(C)c2)c(C(C)C)c1=O. The summed E-state index contributed by atoms with van der Waals surface area (Å²) in [6.07, 6.45) is 0.950. The van der Waals surface area contributed by atoms with E-state index in [0.29, 0.717) is 0 Å². The van der Waals surface area contributed by atoms with E-state index in [-0.39, 0.29) is 11.5 Å². The number of benzene rings is 1. The second-order valence-electron chi connectivity index (χ2n) is 5.38. The third-order valence-electron chi connectivity index (χ3n) is 3.32. The summed E-state index contributed by atoms with van der Waals surface area (Å²) in [4.78, 5) is 12.4. The van der Waals surface area contributed by atoms with E-state index in [2.05, 4.69) is 51.0 Å². The highest BCUT2D eigenvalue weighted by Crippen LogP contribution is 2.25. The molecule has 0 radical (unpaired) electrons. The Bertz CT molecular complexity index is 620. The predicted molar refractivity (Wildman–Crippen MR) is 79.6 cm³/mol. The van der Waals surface area contributed by atoms with Crippen LogP contribution in [0.15, 0.2) is 29.1 Å². The molecule has 1 aromatic heterocycles. The van der Waals surface area contributed by atoms with Gasteiger partial charge in [0.05, 0.1) is 5.69 Å². The highest BCUT2D eigenvalue weighted by molar-refractivity contribution is 5.64. The van der Waals surface area contributed by atoms with Crippen molar-refractivity contribution < 1.29 is 0 Å². The van der Waals surface area contributed by atoms with Crippen LogP contribution in [-0.4, -0.2) is 9.78 Å². The average molecular weight is 258 g/mol. The summed E-state index contributed by atoms with van der Waals surface area (Å²) >= 11 is 0. The zero-order chi connectivity index (χ0) is 14.0. The predicted octanol–water partition coefficient (Wildman–Crippen LogP) is 3.69. The van der Waals surface area contributed by atoms with Gasteiger partial charge in [-0.25, -0.2) is 0 Å². The van der Waals surface area contributed by atoms with Crippen LogP contribution in [-0.2, 0) is 6.54 Å². The molecule has 102 valence electrons. The molecule has 2 rings (SSSR count). The maximum atomic E-state index is 12.4. The van der Waals surface area contributed by atoms with Crippen molar-refractivity contribution in [3.05, 3.63) is 45.7 Å². The first kappa shape index (κ1) is 13.7. The van der Waals surface area contributed by atoms with Gasteiger partial charge in [0, 0.05) is 17.7 Å². The molecule has 1 N–H and O–H groups in total. The summed E-state index contributed by atoms with van der Waals surface area (Å²) in [5.74, 6) is 0.220. The van der Waals surface area contributed by atoms with Gasteiger partial charge in [-0.15, -0.1) is 0 Å². The van der Waals surface area contributed by atoms with E-state index < -0.39 is 0 Å². The summed E-state index contributed by atoms with van der Waals surface area (Å²) in [5.41, 5.74) is 4.27. The average Bonchev–Trinajstić information content (AvgIpc) is 2.67. The monoisotopic (exact) mass is 258 g/mol. The highest BCUT2D eigenvalue weighted by Gasteiger charge is 2.18. The molecule has 0 saturated carbocycles. The third kappa shape index (κ3) is 2.65. The highest BCUT2D eigenvalue weighted by atomic mass is 16.1. The van der Waals surface area contributed by atoms with Gasteiger partial charge in [-0.05, 0) is 25.3 Å². The second-order valence-corrected chi connectivity index (χ2v) is 5.38. The molecule has 0 fully saturated rings. The summed E-state index contributed by atoms with van der Waals surface area (Å²) in [6, 6.07) is 8.28. The van der Waals surface area contributed by atoms with Crippen LogP contribution in [0.25, 0.3) is 11.3 Å². The largest absolute Gasteiger partial charge is 0.295 e. The topological polar surface area (TPSA) is 37.8 Å². The Morgan fingerprint density at radius 1 is 1.32 bits per heavy atom. The van der Waals surface area contributed by atoms with Crippen LogP contribution in [0.3, 0.4) is 0 Å². The molecule has 3 nitrogen and oxygen atoms in total. The van der Waals surface area contributed by atoms with Crippen LogP contribution >= 0.6 is 0 Å². The molecule has 0 saturated heterocycles. The summed E-state index contributed by atoms with van der Waals surface area (Å²) in [7, 11) is 0. The first-order chi connectivity index (χ1) is 9.04. The Hall–Kier alpha value is -1.77. The Kier molecular flexibility index (Phi) is 3.93. The van der Waals surface area contributed by atoms with Crippen LogP contribution < -0.4 is 5.56 Å². The van der Waals surface area contributed by atoms with E-state index in [1.54, 1.807) is 4.68 Å². The zero-order valence-corrected chi connectivity index (χ0v) is 12.2. The molecule has 0 aliphatic carbocycles.